The van der Waals surface area contributed by atoms with Crippen molar-refractivity contribution >= 4 is 23.2 Å². The highest BCUT2D eigenvalue weighted by atomic mass is 16.2. The van der Waals surface area contributed by atoms with E-state index in [0.717, 1.165) is 22.5 Å². The molecule has 1 aliphatic rings. The van der Waals surface area contributed by atoms with E-state index in [0.29, 0.717) is 5.57 Å². The molecule has 0 saturated heterocycles. The molecule has 1 aromatic heterocycles. The van der Waals surface area contributed by atoms with Crippen LogP contribution in [0.1, 0.15) is 16.8 Å². The summed E-state index contributed by atoms with van der Waals surface area (Å²) in [6, 6.07) is 11.6. The first kappa shape index (κ1) is 10.7. The number of benzene rings is 1. The smallest absolute Gasteiger partial charge is 0.256 e. The Morgan fingerprint density at radius 2 is 2.11 bits per heavy atom. The zero-order valence-corrected chi connectivity index (χ0v) is 9.97. The van der Waals surface area contributed by atoms with E-state index < -0.39 is 0 Å². The molecule has 3 nitrogen and oxygen atoms in total. The van der Waals surface area contributed by atoms with Crippen LogP contribution in [0.2, 0.25) is 0 Å². The van der Waals surface area contributed by atoms with Gasteiger partial charge in [-0.2, -0.15) is 0 Å². The normalized spacial score (nSPS) is 15.6. The average Bonchev–Trinajstić information content (AvgIpc) is 2.67. The summed E-state index contributed by atoms with van der Waals surface area (Å²) in [5.74, 6) is -0.0683. The monoisotopic (exact) mass is 236 g/mol. The van der Waals surface area contributed by atoms with Gasteiger partial charge in [0.1, 0.15) is 0 Å². The summed E-state index contributed by atoms with van der Waals surface area (Å²) in [4.78, 5) is 16.2. The van der Waals surface area contributed by atoms with Crippen molar-refractivity contribution in [1.29, 1.82) is 0 Å². The standard InChI is InChI=1S/C15H12N2O/c1-10-5-6-14-12(8-10)13(15(18)17-14)9-11-4-2-3-7-16-11/h2-9H,1H3,(H,17,18)/b13-9+. The molecule has 88 valence electrons. The third-order valence-electron chi connectivity index (χ3n) is 2.94. The van der Waals surface area contributed by atoms with Gasteiger partial charge in [0, 0.05) is 17.4 Å². The van der Waals surface area contributed by atoms with Gasteiger partial charge in [0.2, 0.25) is 0 Å². The predicted molar refractivity (Wildman–Crippen MR) is 71.9 cm³/mol. The van der Waals surface area contributed by atoms with Gasteiger partial charge < -0.3 is 5.32 Å². The van der Waals surface area contributed by atoms with Crippen LogP contribution >= 0.6 is 0 Å². The second kappa shape index (κ2) is 4.11. The number of pyridine rings is 1. The van der Waals surface area contributed by atoms with Crippen molar-refractivity contribution < 1.29 is 4.79 Å². The van der Waals surface area contributed by atoms with E-state index in [1.165, 1.54) is 0 Å². The summed E-state index contributed by atoms with van der Waals surface area (Å²) >= 11 is 0. The second-order valence-corrected chi connectivity index (χ2v) is 4.32. The Kier molecular flexibility index (Phi) is 2.45. The van der Waals surface area contributed by atoms with Crippen LogP contribution < -0.4 is 5.32 Å². The lowest BCUT2D eigenvalue weighted by Gasteiger charge is -2.00. The Hall–Kier alpha value is -2.42. The summed E-state index contributed by atoms with van der Waals surface area (Å²) in [6.45, 7) is 2.02. The maximum absolute atomic E-state index is 11.9. The predicted octanol–water partition coefficient (Wildman–Crippen LogP) is 2.88. The number of fused-ring (bicyclic) bond motifs is 1. The summed E-state index contributed by atoms with van der Waals surface area (Å²) in [5.41, 5.74) is 4.42. The molecule has 0 spiro atoms. The molecular weight excluding hydrogens is 224 g/mol. The van der Waals surface area contributed by atoms with Crippen molar-refractivity contribution in [2.75, 3.05) is 5.32 Å². The summed E-state index contributed by atoms with van der Waals surface area (Å²) in [7, 11) is 0. The minimum absolute atomic E-state index is 0.0683. The Morgan fingerprint density at radius 1 is 1.22 bits per heavy atom. The lowest BCUT2D eigenvalue weighted by Crippen LogP contribution is -2.03. The molecule has 2 aromatic rings. The SMILES string of the molecule is Cc1ccc2c(c1)/C(=C\c1ccccn1)C(=O)N2. The van der Waals surface area contributed by atoms with E-state index in [2.05, 4.69) is 10.3 Å². The summed E-state index contributed by atoms with van der Waals surface area (Å²) in [5, 5.41) is 2.86. The highest BCUT2D eigenvalue weighted by Crippen LogP contribution is 2.33. The van der Waals surface area contributed by atoms with Crippen LogP contribution in [0.5, 0.6) is 0 Å². The number of rotatable bonds is 1. The van der Waals surface area contributed by atoms with Gasteiger partial charge in [-0.3, -0.25) is 9.78 Å². The quantitative estimate of drug-likeness (QED) is 0.773. The number of nitrogens with zero attached hydrogens (tertiary/aromatic N) is 1. The van der Waals surface area contributed by atoms with Crippen LogP contribution in [-0.4, -0.2) is 10.9 Å². The fourth-order valence-corrected chi connectivity index (χ4v) is 2.05. The number of aromatic nitrogens is 1. The molecule has 3 rings (SSSR count). The fourth-order valence-electron chi connectivity index (χ4n) is 2.05. The lowest BCUT2D eigenvalue weighted by atomic mass is 10.0. The van der Waals surface area contributed by atoms with Crippen molar-refractivity contribution in [2.45, 2.75) is 6.92 Å². The molecule has 2 heterocycles. The van der Waals surface area contributed by atoms with E-state index in [1.54, 1.807) is 6.20 Å². The molecule has 0 radical (unpaired) electrons. The second-order valence-electron chi connectivity index (χ2n) is 4.32. The van der Waals surface area contributed by atoms with Gasteiger partial charge in [-0.15, -0.1) is 0 Å². The first-order chi connectivity index (χ1) is 8.74. The van der Waals surface area contributed by atoms with Gasteiger partial charge in [-0.25, -0.2) is 0 Å². The highest BCUT2D eigenvalue weighted by Gasteiger charge is 2.23. The number of hydrogen-bond donors (Lipinski definition) is 1. The molecule has 0 bridgehead atoms. The van der Waals surface area contributed by atoms with Crippen LogP contribution in [0, 0.1) is 6.92 Å². The van der Waals surface area contributed by atoms with E-state index >= 15 is 0 Å². The highest BCUT2D eigenvalue weighted by molar-refractivity contribution is 6.34. The summed E-state index contributed by atoms with van der Waals surface area (Å²) in [6.07, 6.45) is 3.54. The molecule has 1 amide bonds. The number of anilines is 1. The Morgan fingerprint density at radius 3 is 2.89 bits per heavy atom. The molecule has 0 atom stereocenters. The van der Waals surface area contributed by atoms with Crippen molar-refractivity contribution in [2.24, 2.45) is 0 Å². The van der Waals surface area contributed by atoms with Gasteiger partial charge in [0.15, 0.2) is 0 Å². The number of nitrogens with one attached hydrogen (secondary N) is 1. The maximum Gasteiger partial charge on any atom is 0.256 e. The van der Waals surface area contributed by atoms with Gasteiger partial charge in [0.25, 0.3) is 5.91 Å². The molecule has 0 fully saturated rings. The fraction of sp³-hybridized carbons (Fsp3) is 0.0667. The van der Waals surface area contributed by atoms with E-state index in [9.17, 15) is 4.79 Å². The minimum atomic E-state index is -0.0683. The summed E-state index contributed by atoms with van der Waals surface area (Å²) < 4.78 is 0. The Bertz CT molecular complexity index is 645. The molecular formula is C15H12N2O. The van der Waals surface area contributed by atoms with Gasteiger partial charge >= 0.3 is 0 Å². The molecule has 1 aromatic carbocycles. The minimum Gasteiger partial charge on any atom is -0.321 e. The van der Waals surface area contributed by atoms with Crippen LogP contribution in [-0.2, 0) is 4.79 Å². The van der Waals surface area contributed by atoms with Crippen molar-refractivity contribution in [3.05, 3.63) is 59.4 Å². The van der Waals surface area contributed by atoms with Crippen LogP contribution in [0.3, 0.4) is 0 Å². The molecule has 3 heteroatoms. The van der Waals surface area contributed by atoms with Gasteiger partial charge in [-0.05, 0) is 37.3 Å². The third-order valence-corrected chi connectivity index (χ3v) is 2.94. The van der Waals surface area contributed by atoms with E-state index in [4.69, 9.17) is 0 Å². The molecule has 0 saturated carbocycles. The number of hydrogen-bond acceptors (Lipinski definition) is 2. The van der Waals surface area contributed by atoms with Crippen molar-refractivity contribution in [3.8, 4) is 0 Å². The average molecular weight is 236 g/mol. The first-order valence-electron chi connectivity index (χ1n) is 5.79. The van der Waals surface area contributed by atoms with Crippen LogP contribution in [0.15, 0.2) is 42.6 Å². The van der Waals surface area contributed by atoms with Gasteiger partial charge in [-0.1, -0.05) is 17.7 Å². The van der Waals surface area contributed by atoms with E-state index in [-0.39, 0.29) is 5.91 Å². The lowest BCUT2D eigenvalue weighted by molar-refractivity contribution is -0.110. The molecule has 18 heavy (non-hydrogen) atoms. The zero-order valence-electron chi connectivity index (χ0n) is 9.97. The number of carbonyl (C=O) groups excluding carboxylic acids is 1. The molecule has 0 unspecified atom stereocenters. The van der Waals surface area contributed by atoms with E-state index in [1.807, 2.05) is 49.4 Å². The van der Waals surface area contributed by atoms with Gasteiger partial charge in [0.05, 0.1) is 11.3 Å². The molecule has 1 N–H and O–H groups in total. The van der Waals surface area contributed by atoms with Crippen molar-refractivity contribution in [3.63, 3.8) is 0 Å². The Labute approximate surface area is 105 Å². The third kappa shape index (κ3) is 1.80. The number of aryl methyl sites for hydroxylation is 1. The van der Waals surface area contributed by atoms with Crippen LogP contribution in [0.25, 0.3) is 11.6 Å². The number of carbonyl (C=O) groups is 1. The zero-order chi connectivity index (χ0) is 12.5. The Balaban J connectivity index is 2.12. The number of amides is 1. The topological polar surface area (TPSA) is 42.0 Å². The molecule has 0 aliphatic carbocycles. The maximum atomic E-state index is 11.9. The molecule has 1 aliphatic heterocycles. The van der Waals surface area contributed by atoms with Crippen LogP contribution in [0.4, 0.5) is 5.69 Å². The first-order valence-corrected chi connectivity index (χ1v) is 5.79. The van der Waals surface area contributed by atoms with Crippen molar-refractivity contribution in [1.82, 2.24) is 4.98 Å². The largest absolute Gasteiger partial charge is 0.321 e.